The highest BCUT2D eigenvalue weighted by Crippen LogP contribution is 2.35. The fourth-order valence-electron chi connectivity index (χ4n) is 1.78. The number of ether oxygens (including phenoxy) is 1. The van der Waals surface area contributed by atoms with E-state index in [4.69, 9.17) is 10.5 Å². The molecule has 0 fully saturated rings. The molecule has 0 spiro atoms. The lowest BCUT2D eigenvalue weighted by Gasteiger charge is -2.01. The van der Waals surface area contributed by atoms with E-state index in [0.717, 1.165) is 20.5 Å². The second-order valence-electron chi connectivity index (χ2n) is 4.13. The number of esters is 1. The molecule has 2 N–H and O–H groups in total. The van der Waals surface area contributed by atoms with E-state index in [1.807, 2.05) is 25.1 Å². The maximum atomic E-state index is 11.7. The van der Waals surface area contributed by atoms with Crippen molar-refractivity contribution < 1.29 is 9.53 Å². The van der Waals surface area contributed by atoms with Crippen LogP contribution in [0, 0.1) is 6.92 Å². The van der Waals surface area contributed by atoms with Crippen molar-refractivity contribution in [3.8, 4) is 10.4 Å². The van der Waals surface area contributed by atoms with Crippen molar-refractivity contribution in [2.24, 2.45) is 0 Å². The number of halogens is 1. The Morgan fingerprint density at radius 1 is 1.37 bits per heavy atom. The summed E-state index contributed by atoms with van der Waals surface area (Å²) in [7, 11) is 0. The summed E-state index contributed by atoms with van der Waals surface area (Å²) < 4.78 is 5.99. The molecule has 0 saturated carbocycles. The third kappa shape index (κ3) is 3.16. The second kappa shape index (κ2) is 5.75. The minimum atomic E-state index is -0.358. The predicted octanol–water partition coefficient (Wildman–Crippen LogP) is 4.24. The zero-order chi connectivity index (χ0) is 14.0. The fourth-order valence-corrected chi connectivity index (χ4v) is 3.35. The second-order valence-corrected chi connectivity index (χ2v) is 6.10. The SMILES string of the molecule is CCOC(=O)c1sc(-c2cc(C)cc(Br)c2)cc1N. The molecule has 0 radical (unpaired) electrons. The monoisotopic (exact) mass is 339 g/mol. The van der Waals surface area contributed by atoms with E-state index in [9.17, 15) is 4.79 Å². The van der Waals surface area contributed by atoms with Crippen LogP contribution >= 0.6 is 27.3 Å². The van der Waals surface area contributed by atoms with Gasteiger partial charge in [0.1, 0.15) is 4.88 Å². The van der Waals surface area contributed by atoms with Crippen LogP contribution in [0.5, 0.6) is 0 Å². The summed E-state index contributed by atoms with van der Waals surface area (Å²) >= 11 is 4.83. The van der Waals surface area contributed by atoms with Crippen molar-refractivity contribution in [3.05, 3.63) is 39.2 Å². The number of anilines is 1. The lowest BCUT2D eigenvalue weighted by atomic mass is 10.1. The summed E-state index contributed by atoms with van der Waals surface area (Å²) in [6.45, 7) is 4.15. The molecular formula is C14H14BrNO2S. The molecule has 2 rings (SSSR count). The van der Waals surface area contributed by atoms with Gasteiger partial charge in [-0.15, -0.1) is 11.3 Å². The van der Waals surface area contributed by atoms with E-state index >= 15 is 0 Å². The van der Waals surface area contributed by atoms with Crippen LogP contribution in [0.3, 0.4) is 0 Å². The van der Waals surface area contributed by atoms with Crippen molar-refractivity contribution >= 4 is 38.9 Å². The van der Waals surface area contributed by atoms with E-state index in [1.165, 1.54) is 11.3 Å². The third-order valence-corrected chi connectivity index (χ3v) is 4.19. The quantitative estimate of drug-likeness (QED) is 0.850. The van der Waals surface area contributed by atoms with Crippen LogP contribution in [0.1, 0.15) is 22.2 Å². The van der Waals surface area contributed by atoms with Crippen LogP contribution in [-0.2, 0) is 4.74 Å². The molecule has 0 aliphatic heterocycles. The van der Waals surface area contributed by atoms with Crippen molar-refractivity contribution in [2.45, 2.75) is 13.8 Å². The number of aryl methyl sites for hydroxylation is 1. The molecule has 2 aromatic rings. The molecule has 100 valence electrons. The average Bonchev–Trinajstić information content (AvgIpc) is 2.70. The fraction of sp³-hybridized carbons (Fsp3) is 0.214. The maximum Gasteiger partial charge on any atom is 0.350 e. The van der Waals surface area contributed by atoms with Gasteiger partial charge < -0.3 is 10.5 Å². The number of nitrogen functional groups attached to an aromatic ring is 1. The molecule has 0 aliphatic carbocycles. The van der Waals surface area contributed by atoms with Crippen molar-refractivity contribution in [1.29, 1.82) is 0 Å². The van der Waals surface area contributed by atoms with E-state index < -0.39 is 0 Å². The summed E-state index contributed by atoms with van der Waals surface area (Å²) in [6, 6.07) is 7.92. The number of thiophene rings is 1. The van der Waals surface area contributed by atoms with Gasteiger partial charge in [-0.2, -0.15) is 0 Å². The van der Waals surface area contributed by atoms with Gasteiger partial charge in [-0.05, 0) is 43.2 Å². The smallest absolute Gasteiger partial charge is 0.350 e. The van der Waals surface area contributed by atoms with Gasteiger partial charge in [0.25, 0.3) is 0 Å². The molecule has 1 aromatic carbocycles. The van der Waals surface area contributed by atoms with E-state index in [-0.39, 0.29) is 5.97 Å². The molecule has 3 nitrogen and oxygen atoms in total. The molecule has 19 heavy (non-hydrogen) atoms. The van der Waals surface area contributed by atoms with Crippen molar-refractivity contribution in [2.75, 3.05) is 12.3 Å². The molecule has 5 heteroatoms. The Hall–Kier alpha value is -1.33. The Morgan fingerprint density at radius 2 is 2.11 bits per heavy atom. The number of carbonyl (C=O) groups excluding carboxylic acids is 1. The summed E-state index contributed by atoms with van der Waals surface area (Å²) in [4.78, 5) is 13.2. The summed E-state index contributed by atoms with van der Waals surface area (Å²) in [5.74, 6) is -0.358. The predicted molar refractivity (Wildman–Crippen MR) is 82.6 cm³/mol. The van der Waals surface area contributed by atoms with Gasteiger partial charge in [0.2, 0.25) is 0 Å². The molecule has 0 atom stereocenters. The first-order chi connectivity index (χ1) is 9.01. The highest BCUT2D eigenvalue weighted by molar-refractivity contribution is 9.10. The number of rotatable bonds is 3. The van der Waals surface area contributed by atoms with Crippen LogP contribution in [0.2, 0.25) is 0 Å². The number of nitrogens with two attached hydrogens (primary N) is 1. The molecule has 0 bridgehead atoms. The molecule has 1 aromatic heterocycles. The molecule has 1 heterocycles. The van der Waals surface area contributed by atoms with Crippen LogP contribution in [0.4, 0.5) is 5.69 Å². The Kier molecular flexibility index (Phi) is 4.27. The molecule has 0 saturated heterocycles. The highest BCUT2D eigenvalue weighted by Gasteiger charge is 2.16. The number of carbonyl (C=O) groups is 1. The van der Waals surface area contributed by atoms with Gasteiger partial charge in [0, 0.05) is 9.35 Å². The number of hydrogen-bond donors (Lipinski definition) is 1. The molecule has 0 aliphatic rings. The summed E-state index contributed by atoms with van der Waals surface area (Å²) in [5.41, 5.74) is 8.54. The molecule has 0 unspecified atom stereocenters. The van der Waals surface area contributed by atoms with Gasteiger partial charge in [-0.3, -0.25) is 0 Å². The Labute approximate surface area is 124 Å². The zero-order valence-electron chi connectivity index (χ0n) is 10.7. The Balaban J connectivity index is 2.41. The topological polar surface area (TPSA) is 52.3 Å². The number of hydrogen-bond acceptors (Lipinski definition) is 4. The van der Waals surface area contributed by atoms with Gasteiger partial charge in [-0.25, -0.2) is 4.79 Å². The highest BCUT2D eigenvalue weighted by atomic mass is 79.9. The minimum absolute atomic E-state index is 0.349. The van der Waals surface area contributed by atoms with Crippen LogP contribution in [0.25, 0.3) is 10.4 Å². The lowest BCUT2D eigenvalue weighted by Crippen LogP contribution is -2.04. The van der Waals surface area contributed by atoms with Gasteiger partial charge in [-0.1, -0.05) is 22.0 Å². The molecule has 0 amide bonds. The van der Waals surface area contributed by atoms with Gasteiger partial charge in [0.05, 0.1) is 12.3 Å². The third-order valence-electron chi connectivity index (χ3n) is 2.55. The lowest BCUT2D eigenvalue weighted by molar-refractivity contribution is 0.0533. The van der Waals surface area contributed by atoms with Gasteiger partial charge in [0.15, 0.2) is 0 Å². The largest absolute Gasteiger partial charge is 0.462 e. The number of benzene rings is 1. The van der Waals surface area contributed by atoms with E-state index in [2.05, 4.69) is 22.0 Å². The zero-order valence-corrected chi connectivity index (χ0v) is 13.1. The van der Waals surface area contributed by atoms with Crippen LogP contribution < -0.4 is 5.73 Å². The first kappa shape index (κ1) is 14.1. The van der Waals surface area contributed by atoms with Crippen molar-refractivity contribution in [1.82, 2.24) is 0 Å². The Morgan fingerprint density at radius 3 is 2.74 bits per heavy atom. The molecular weight excluding hydrogens is 326 g/mol. The summed E-state index contributed by atoms with van der Waals surface area (Å²) in [5, 5.41) is 0. The van der Waals surface area contributed by atoms with E-state index in [0.29, 0.717) is 17.2 Å². The van der Waals surface area contributed by atoms with Crippen LogP contribution in [0.15, 0.2) is 28.7 Å². The summed E-state index contributed by atoms with van der Waals surface area (Å²) in [6.07, 6.45) is 0. The normalized spacial score (nSPS) is 10.5. The van der Waals surface area contributed by atoms with Crippen molar-refractivity contribution in [3.63, 3.8) is 0 Å². The van der Waals surface area contributed by atoms with E-state index in [1.54, 1.807) is 6.92 Å². The Bertz CT molecular complexity index is 602. The van der Waals surface area contributed by atoms with Gasteiger partial charge >= 0.3 is 5.97 Å². The minimum Gasteiger partial charge on any atom is -0.462 e. The average molecular weight is 340 g/mol. The standard InChI is InChI=1S/C14H14BrNO2S/c1-3-18-14(17)13-11(16)7-12(19-13)9-4-8(2)5-10(15)6-9/h4-7H,3,16H2,1-2H3. The first-order valence-electron chi connectivity index (χ1n) is 5.85. The first-order valence-corrected chi connectivity index (χ1v) is 7.46. The van der Waals surface area contributed by atoms with Crippen LogP contribution in [-0.4, -0.2) is 12.6 Å². The maximum absolute atomic E-state index is 11.7.